The lowest BCUT2D eigenvalue weighted by atomic mass is 9.99. The van der Waals surface area contributed by atoms with Gasteiger partial charge in [0.1, 0.15) is 0 Å². The fourth-order valence-electron chi connectivity index (χ4n) is 3.00. The summed E-state index contributed by atoms with van der Waals surface area (Å²) in [4.78, 5) is 28.3. The molecule has 2 heterocycles. The number of likely N-dealkylation sites (tertiary alicyclic amines) is 1. The van der Waals surface area contributed by atoms with Crippen molar-refractivity contribution in [1.29, 1.82) is 0 Å². The molecule has 1 atom stereocenters. The average Bonchev–Trinajstić information content (AvgIpc) is 2.97. The first kappa shape index (κ1) is 13.6. The summed E-state index contributed by atoms with van der Waals surface area (Å²) in [6, 6.07) is 11.3. The molecule has 0 unspecified atom stereocenters. The maximum Gasteiger partial charge on any atom is 0.255 e. The molecule has 21 heavy (non-hydrogen) atoms. The van der Waals surface area contributed by atoms with E-state index in [2.05, 4.69) is 24.0 Å². The zero-order valence-electron chi connectivity index (χ0n) is 12.0. The number of pyridine rings is 1. The molecule has 1 fully saturated rings. The molecule has 1 amide bonds. The van der Waals surface area contributed by atoms with Gasteiger partial charge in [0.2, 0.25) is 5.56 Å². The monoisotopic (exact) mass is 282 g/mol. The topological polar surface area (TPSA) is 53.2 Å². The largest absolute Gasteiger partial charge is 0.332 e. The summed E-state index contributed by atoms with van der Waals surface area (Å²) in [6.07, 6.45) is 3.49. The van der Waals surface area contributed by atoms with Crippen molar-refractivity contribution in [3.63, 3.8) is 0 Å². The molecule has 4 nitrogen and oxygen atoms in total. The van der Waals surface area contributed by atoms with E-state index < -0.39 is 0 Å². The van der Waals surface area contributed by atoms with Gasteiger partial charge in [-0.2, -0.15) is 0 Å². The highest BCUT2D eigenvalue weighted by molar-refractivity contribution is 5.94. The van der Waals surface area contributed by atoms with Crippen LogP contribution in [0.4, 0.5) is 0 Å². The summed E-state index contributed by atoms with van der Waals surface area (Å²) in [5, 5.41) is 0. The normalized spacial score (nSPS) is 18.0. The third kappa shape index (κ3) is 2.61. The van der Waals surface area contributed by atoms with Crippen LogP contribution in [0.1, 0.15) is 40.4 Å². The number of aromatic nitrogens is 1. The van der Waals surface area contributed by atoms with Crippen molar-refractivity contribution < 1.29 is 4.79 Å². The van der Waals surface area contributed by atoms with Gasteiger partial charge in [-0.15, -0.1) is 0 Å². The minimum Gasteiger partial charge on any atom is -0.332 e. The maximum absolute atomic E-state index is 12.7. The Hall–Kier alpha value is -2.36. The zero-order valence-corrected chi connectivity index (χ0v) is 12.0. The number of carbonyl (C=O) groups is 1. The first-order valence-electron chi connectivity index (χ1n) is 7.22. The van der Waals surface area contributed by atoms with Crippen molar-refractivity contribution in [3.8, 4) is 0 Å². The summed E-state index contributed by atoms with van der Waals surface area (Å²) in [7, 11) is 0. The lowest BCUT2D eigenvalue weighted by molar-refractivity contribution is 0.0735. The molecule has 1 aliphatic heterocycles. The Morgan fingerprint density at radius 2 is 2.05 bits per heavy atom. The van der Waals surface area contributed by atoms with E-state index in [1.54, 1.807) is 6.07 Å². The van der Waals surface area contributed by atoms with Crippen LogP contribution >= 0.6 is 0 Å². The van der Waals surface area contributed by atoms with Crippen LogP contribution in [0.2, 0.25) is 0 Å². The molecule has 0 radical (unpaired) electrons. The molecule has 1 aromatic carbocycles. The number of nitrogens with zero attached hydrogens (tertiary/aromatic N) is 1. The number of hydrogen-bond acceptors (Lipinski definition) is 2. The third-order valence-electron chi connectivity index (χ3n) is 4.09. The molecular weight excluding hydrogens is 264 g/mol. The predicted octanol–water partition coefficient (Wildman–Crippen LogP) is 2.66. The molecule has 2 aromatic rings. The molecule has 0 spiro atoms. The molecule has 0 saturated carbocycles. The highest BCUT2D eigenvalue weighted by atomic mass is 16.2. The molecule has 1 N–H and O–H groups in total. The minimum atomic E-state index is -0.191. The van der Waals surface area contributed by atoms with Gasteiger partial charge in [0.05, 0.1) is 11.6 Å². The Labute approximate surface area is 123 Å². The number of amides is 1. The SMILES string of the molecule is Cc1ccccc1[C@H]1CCCN1C(=O)c1ccc(=O)[nH]c1. The van der Waals surface area contributed by atoms with Gasteiger partial charge < -0.3 is 9.88 Å². The van der Waals surface area contributed by atoms with Crippen LogP contribution in [-0.2, 0) is 0 Å². The summed E-state index contributed by atoms with van der Waals surface area (Å²) >= 11 is 0. The number of benzene rings is 1. The molecule has 1 aliphatic rings. The Bertz CT molecular complexity index is 700. The van der Waals surface area contributed by atoms with Crippen LogP contribution in [0.3, 0.4) is 0 Å². The van der Waals surface area contributed by atoms with E-state index in [1.165, 1.54) is 23.4 Å². The van der Waals surface area contributed by atoms with Crippen molar-refractivity contribution in [3.05, 3.63) is 69.6 Å². The number of nitrogens with one attached hydrogen (secondary N) is 1. The van der Waals surface area contributed by atoms with E-state index >= 15 is 0 Å². The molecule has 1 aromatic heterocycles. The summed E-state index contributed by atoms with van der Waals surface area (Å²) < 4.78 is 0. The molecule has 0 aliphatic carbocycles. The van der Waals surface area contributed by atoms with E-state index in [0.29, 0.717) is 5.56 Å². The van der Waals surface area contributed by atoms with Gasteiger partial charge in [0.15, 0.2) is 0 Å². The molecule has 4 heteroatoms. The Morgan fingerprint density at radius 3 is 2.76 bits per heavy atom. The number of carbonyl (C=O) groups excluding carboxylic acids is 1. The molecule has 108 valence electrons. The van der Waals surface area contributed by atoms with E-state index in [-0.39, 0.29) is 17.5 Å². The molecule has 0 bridgehead atoms. The van der Waals surface area contributed by atoms with E-state index in [4.69, 9.17) is 0 Å². The maximum atomic E-state index is 12.7. The number of aryl methyl sites for hydroxylation is 1. The highest BCUT2D eigenvalue weighted by Crippen LogP contribution is 2.34. The van der Waals surface area contributed by atoms with E-state index in [1.807, 2.05) is 17.0 Å². The Morgan fingerprint density at radius 1 is 1.24 bits per heavy atom. The lowest BCUT2D eigenvalue weighted by Gasteiger charge is -2.26. The van der Waals surface area contributed by atoms with Gasteiger partial charge in [-0.1, -0.05) is 24.3 Å². The van der Waals surface area contributed by atoms with Crippen LogP contribution in [0.15, 0.2) is 47.4 Å². The lowest BCUT2D eigenvalue weighted by Crippen LogP contribution is -2.31. The number of hydrogen-bond donors (Lipinski definition) is 1. The van der Waals surface area contributed by atoms with Crippen LogP contribution < -0.4 is 5.56 Å². The van der Waals surface area contributed by atoms with Gasteiger partial charge in [0, 0.05) is 18.8 Å². The highest BCUT2D eigenvalue weighted by Gasteiger charge is 2.31. The van der Waals surface area contributed by atoms with Crippen molar-refractivity contribution in [1.82, 2.24) is 9.88 Å². The Kier molecular flexibility index (Phi) is 3.60. The van der Waals surface area contributed by atoms with E-state index in [0.717, 1.165) is 19.4 Å². The van der Waals surface area contributed by atoms with Crippen LogP contribution in [0, 0.1) is 6.92 Å². The smallest absolute Gasteiger partial charge is 0.255 e. The van der Waals surface area contributed by atoms with Crippen LogP contribution in [0.5, 0.6) is 0 Å². The predicted molar refractivity (Wildman–Crippen MR) is 81.3 cm³/mol. The van der Waals surface area contributed by atoms with Gasteiger partial charge in [0.25, 0.3) is 5.91 Å². The van der Waals surface area contributed by atoms with Crippen LogP contribution in [-0.4, -0.2) is 22.3 Å². The quantitative estimate of drug-likeness (QED) is 0.920. The van der Waals surface area contributed by atoms with Crippen molar-refractivity contribution in [2.45, 2.75) is 25.8 Å². The van der Waals surface area contributed by atoms with Crippen molar-refractivity contribution in [2.24, 2.45) is 0 Å². The van der Waals surface area contributed by atoms with Gasteiger partial charge in [-0.05, 0) is 37.0 Å². The summed E-state index contributed by atoms with van der Waals surface area (Å²) in [5.41, 5.74) is 2.77. The second-order valence-electron chi connectivity index (χ2n) is 5.45. The Balaban J connectivity index is 1.90. The van der Waals surface area contributed by atoms with Crippen molar-refractivity contribution >= 4 is 5.91 Å². The molecule has 3 rings (SSSR count). The fraction of sp³-hybridized carbons (Fsp3) is 0.294. The fourth-order valence-corrected chi connectivity index (χ4v) is 3.00. The van der Waals surface area contributed by atoms with Crippen LogP contribution in [0.25, 0.3) is 0 Å². The van der Waals surface area contributed by atoms with Gasteiger partial charge >= 0.3 is 0 Å². The first-order chi connectivity index (χ1) is 10.2. The van der Waals surface area contributed by atoms with Crippen molar-refractivity contribution in [2.75, 3.05) is 6.54 Å². The number of rotatable bonds is 2. The minimum absolute atomic E-state index is 0.0167. The number of H-pyrrole nitrogens is 1. The zero-order chi connectivity index (χ0) is 14.8. The standard InChI is InChI=1S/C17H18N2O2/c1-12-5-2-3-6-14(12)15-7-4-10-19(15)17(21)13-8-9-16(20)18-11-13/h2-3,5-6,8-9,11,15H,4,7,10H2,1H3,(H,18,20)/t15-/m1/s1. The average molecular weight is 282 g/mol. The second kappa shape index (κ2) is 5.56. The third-order valence-corrected chi connectivity index (χ3v) is 4.09. The summed E-state index contributed by atoms with van der Waals surface area (Å²) in [6.45, 7) is 2.84. The summed E-state index contributed by atoms with van der Waals surface area (Å²) in [5.74, 6) is -0.0167. The number of aromatic amines is 1. The molecular formula is C17H18N2O2. The molecule has 1 saturated heterocycles. The van der Waals surface area contributed by atoms with Gasteiger partial charge in [-0.3, -0.25) is 9.59 Å². The van der Waals surface area contributed by atoms with Gasteiger partial charge in [-0.25, -0.2) is 0 Å². The van der Waals surface area contributed by atoms with E-state index in [9.17, 15) is 9.59 Å². The second-order valence-corrected chi connectivity index (χ2v) is 5.45. The first-order valence-corrected chi connectivity index (χ1v) is 7.22.